The van der Waals surface area contributed by atoms with Crippen molar-refractivity contribution in [2.24, 2.45) is 22.2 Å². The van der Waals surface area contributed by atoms with Crippen LogP contribution in [0.15, 0.2) is 4.99 Å². The lowest BCUT2D eigenvalue weighted by Gasteiger charge is -2.59. The predicted molar refractivity (Wildman–Crippen MR) is 78.6 cm³/mol. The first kappa shape index (κ1) is 12.5. The summed E-state index contributed by atoms with van der Waals surface area (Å²) in [6.07, 6.45) is 6.49. The van der Waals surface area contributed by atoms with Gasteiger partial charge in [-0.25, -0.2) is 0 Å². The molecule has 19 heavy (non-hydrogen) atoms. The molecule has 0 aromatic rings. The Morgan fingerprint density at radius 1 is 1.32 bits per heavy atom. The number of amidine groups is 1. The van der Waals surface area contributed by atoms with Crippen molar-refractivity contribution in [1.29, 1.82) is 0 Å². The maximum Gasteiger partial charge on any atom is 0.232 e. The van der Waals surface area contributed by atoms with E-state index in [1.54, 1.807) is 11.8 Å². The van der Waals surface area contributed by atoms with Crippen LogP contribution >= 0.6 is 23.4 Å². The maximum absolute atomic E-state index is 12.7. The molecular formula is C14H19ClN2OS. The Labute approximate surface area is 122 Å². The number of nitrogens with zero attached hydrogens (tertiary/aromatic N) is 1. The SMILES string of the molecule is O=C(NC1=NCCS1)C12CC3CC(CC(Cl)(C3)C1)C2. The van der Waals surface area contributed by atoms with Crippen molar-refractivity contribution in [3.63, 3.8) is 0 Å². The topological polar surface area (TPSA) is 41.5 Å². The minimum absolute atomic E-state index is 0.0912. The third kappa shape index (κ3) is 2.02. The molecule has 0 aromatic carbocycles. The highest BCUT2D eigenvalue weighted by molar-refractivity contribution is 8.14. The first-order valence-corrected chi connectivity index (χ1v) is 8.61. The van der Waals surface area contributed by atoms with Crippen LogP contribution in [0.25, 0.3) is 0 Å². The van der Waals surface area contributed by atoms with E-state index in [0.29, 0.717) is 11.8 Å². The molecule has 2 atom stereocenters. The van der Waals surface area contributed by atoms with Gasteiger partial charge in [-0.1, -0.05) is 11.8 Å². The average Bonchev–Trinajstić information content (AvgIpc) is 2.78. The van der Waals surface area contributed by atoms with Crippen molar-refractivity contribution in [2.75, 3.05) is 12.3 Å². The van der Waals surface area contributed by atoms with Crippen LogP contribution in [-0.4, -0.2) is 28.2 Å². The van der Waals surface area contributed by atoms with E-state index in [9.17, 15) is 4.79 Å². The van der Waals surface area contributed by atoms with Gasteiger partial charge in [-0.3, -0.25) is 9.79 Å². The van der Waals surface area contributed by atoms with Crippen molar-refractivity contribution in [2.45, 2.75) is 43.4 Å². The van der Waals surface area contributed by atoms with Crippen LogP contribution < -0.4 is 5.32 Å². The zero-order chi connectivity index (χ0) is 13.1. The normalized spacial score (nSPS) is 47.3. The number of rotatable bonds is 1. The molecular weight excluding hydrogens is 280 g/mol. The molecule has 0 aromatic heterocycles. The number of aliphatic imine (C=N–C) groups is 1. The van der Waals surface area contributed by atoms with Crippen LogP contribution in [0.4, 0.5) is 0 Å². The van der Waals surface area contributed by atoms with Crippen molar-refractivity contribution >= 4 is 34.4 Å². The molecule has 104 valence electrons. The van der Waals surface area contributed by atoms with Crippen molar-refractivity contribution in [3.05, 3.63) is 0 Å². The van der Waals surface area contributed by atoms with Gasteiger partial charge < -0.3 is 5.32 Å². The smallest absolute Gasteiger partial charge is 0.232 e. The number of hydrogen-bond donors (Lipinski definition) is 1. The average molecular weight is 299 g/mol. The van der Waals surface area contributed by atoms with Gasteiger partial charge in [-0.05, 0) is 50.4 Å². The van der Waals surface area contributed by atoms with Crippen LogP contribution in [0.2, 0.25) is 0 Å². The van der Waals surface area contributed by atoms with Gasteiger partial charge in [0.15, 0.2) is 5.17 Å². The molecule has 0 spiro atoms. The number of thioether (sulfide) groups is 1. The third-order valence-corrected chi connectivity index (χ3v) is 6.61. The van der Waals surface area contributed by atoms with Gasteiger partial charge in [-0.2, -0.15) is 0 Å². The molecule has 5 aliphatic rings. The Balaban J connectivity index is 1.57. The van der Waals surface area contributed by atoms with E-state index in [1.807, 2.05) is 0 Å². The van der Waals surface area contributed by atoms with Gasteiger partial charge in [-0.15, -0.1) is 11.6 Å². The lowest BCUT2D eigenvalue weighted by atomic mass is 9.49. The second kappa shape index (κ2) is 4.14. The van der Waals surface area contributed by atoms with Gasteiger partial charge in [0, 0.05) is 10.6 Å². The summed E-state index contributed by atoms with van der Waals surface area (Å²) in [6, 6.07) is 0. The van der Waals surface area contributed by atoms with Gasteiger partial charge in [0.1, 0.15) is 0 Å². The molecule has 4 fully saturated rings. The van der Waals surface area contributed by atoms with Crippen molar-refractivity contribution in [3.8, 4) is 0 Å². The predicted octanol–water partition coefficient (Wildman–Crippen LogP) is 2.78. The fraction of sp³-hybridized carbons (Fsp3) is 0.857. The largest absolute Gasteiger partial charge is 0.305 e. The van der Waals surface area contributed by atoms with Gasteiger partial charge in [0.25, 0.3) is 0 Å². The fourth-order valence-corrected chi connectivity index (χ4v) is 6.47. The molecule has 3 nitrogen and oxygen atoms in total. The summed E-state index contributed by atoms with van der Waals surface area (Å²) in [6.45, 7) is 0.831. The summed E-state index contributed by atoms with van der Waals surface area (Å²) in [7, 11) is 0. The van der Waals surface area contributed by atoms with Crippen molar-refractivity contribution < 1.29 is 4.79 Å². The number of carbonyl (C=O) groups is 1. The van der Waals surface area contributed by atoms with E-state index in [2.05, 4.69) is 10.3 Å². The first-order chi connectivity index (χ1) is 9.07. The molecule has 4 aliphatic carbocycles. The minimum atomic E-state index is -0.197. The van der Waals surface area contributed by atoms with Crippen molar-refractivity contribution in [1.82, 2.24) is 5.32 Å². The second-order valence-corrected chi connectivity index (χ2v) is 8.77. The third-order valence-electron chi connectivity index (χ3n) is 5.28. The van der Waals surface area contributed by atoms with E-state index < -0.39 is 0 Å². The maximum atomic E-state index is 12.7. The van der Waals surface area contributed by atoms with E-state index in [0.717, 1.165) is 49.6 Å². The summed E-state index contributed by atoms with van der Waals surface area (Å²) >= 11 is 8.42. The number of alkyl halides is 1. The summed E-state index contributed by atoms with van der Waals surface area (Å²) in [4.78, 5) is 17.0. The minimum Gasteiger partial charge on any atom is -0.305 e. The number of amides is 1. The highest BCUT2D eigenvalue weighted by Crippen LogP contribution is 2.63. The second-order valence-electron chi connectivity index (χ2n) is 6.88. The first-order valence-electron chi connectivity index (χ1n) is 7.25. The Hall–Kier alpha value is -0.220. The highest BCUT2D eigenvalue weighted by atomic mass is 35.5. The van der Waals surface area contributed by atoms with E-state index in [1.165, 1.54) is 6.42 Å². The molecule has 4 bridgehead atoms. The van der Waals surface area contributed by atoms with Crippen LogP contribution in [-0.2, 0) is 4.79 Å². The number of nitrogens with one attached hydrogen (secondary N) is 1. The number of halogens is 1. The van der Waals surface area contributed by atoms with E-state index in [4.69, 9.17) is 11.6 Å². The molecule has 1 amide bonds. The Bertz CT molecular complexity index is 450. The lowest BCUT2D eigenvalue weighted by Crippen LogP contribution is -2.58. The van der Waals surface area contributed by atoms with Crippen LogP contribution in [0.5, 0.6) is 0 Å². The van der Waals surface area contributed by atoms with Crippen LogP contribution in [0.1, 0.15) is 38.5 Å². The van der Waals surface area contributed by atoms with Gasteiger partial charge in [0.05, 0.1) is 12.0 Å². The number of hydrogen-bond acceptors (Lipinski definition) is 3. The summed E-state index contributed by atoms with van der Waals surface area (Å²) in [5.74, 6) is 2.53. The summed E-state index contributed by atoms with van der Waals surface area (Å²) < 4.78 is 0. The Kier molecular flexibility index (Phi) is 2.73. The molecule has 2 unspecified atom stereocenters. The van der Waals surface area contributed by atoms with Gasteiger partial charge in [0.2, 0.25) is 5.91 Å². The monoisotopic (exact) mass is 298 g/mol. The standard InChI is InChI=1S/C14H19ClN2OS/c15-14-6-9-3-10(7-14)5-13(4-9,8-14)11(18)17-12-16-1-2-19-12/h9-10H,1-8H2,(H,16,17,18). The highest BCUT2D eigenvalue weighted by Gasteiger charge is 2.60. The zero-order valence-corrected chi connectivity index (χ0v) is 12.5. The Morgan fingerprint density at radius 3 is 2.63 bits per heavy atom. The van der Waals surface area contributed by atoms with Gasteiger partial charge >= 0.3 is 0 Å². The summed E-state index contributed by atoms with van der Waals surface area (Å²) in [5.41, 5.74) is -0.197. The van der Waals surface area contributed by atoms with E-state index >= 15 is 0 Å². The van der Waals surface area contributed by atoms with Crippen LogP contribution in [0.3, 0.4) is 0 Å². The molecule has 1 heterocycles. The molecule has 1 aliphatic heterocycles. The molecule has 0 saturated heterocycles. The summed E-state index contributed by atoms with van der Waals surface area (Å²) in [5, 5.41) is 3.89. The van der Waals surface area contributed by atoms with Crippen LogP contribution in [0, 0.1) is 17.3 Å². The lowest BCUT2D eigenvalue weighted by molar-refractivity contribution is -0.142. The molecule has 0 radical (unpaired) electrons. The quantitative estimate of drug-likeness (QED) is 0.756. The Morgan fingerprint density at radius 2 is 2.05 bits per heavy atom. The molecule has 1 N–H and O–H groups in total. The van der Waals surface area contributed by atoms with E-state index in [-0.39, 0.29) is 16.2 Å². The zero-order valence-electron chi connectivity index (χ0n) is 11.0. The number of carbonyl (C=O) groups excluding carboxylic acids is 1. The molecule has 4 saturated carbocycles. The molecule has 5 rings (SSSR count). The molecule has 5 heteroatoms. The fourth-order valence-electron chi connectivity index (χ4n) is 5.06.